The second kappa shape index (κ2) is 5.40. The summed E-state index contributed by atoms with van der Waals surface area (Å²) in [5.74, 6) is 0. The van der Waals surface area contributed by atoms with E-state index in [1.54, 1.807) is 0 Å². The van der Waals surface area contributed by atoms with Crippen molar-refractivity contribution in [2.24, 2.45) is 12.0 Å². The summed E-state index contributed by atoms with van der Waals surface area (Å²) in [7, 11) is 1.96. The standard InChI is InChI=1S/C17H18N4/c1-4-13(2)14-9-5-6-10-15(14)18-17-19-16-11-7-8-12-21(16)20(17)3/h4-12H,1-3H3/b13-4-,18-17?. The van der Waals surface area contributed by atoms with Gasteiger partial charge in [-0.05, 0) is 37.6 Å². The highest BCUT2D eigenvalue weighted by atomic mass is 15.4. The van der Waals surface area contributed by atoms with E-state index >= 15 is 0 Å². The van der Waals surface area contributed by atoms with Crippen molar-refractivity contribution < 1.29 is 0 Å². The molecule has 0 bridgehead atoms. The zero-order valence-corrected chi connectivity index (χ0v) is 12.5. The molecule has 4 heteroatoms. The van der Waals surface area contributed by atoms with E-state index in [0.29, 0.717) is 5.62 Å². The SMILES string of the molecule is C/C=C(/C)c1ccccc1N=c1nc2ccccn2n1C. The Morgan fingerprint density at radius 2 is 1.90 bits per heavy atom. The Kier molecular flexibility index (Phi) is 3.44. The molecule has 21 heavy (non-hydrogen) atoms. The van der Waals surface area contributed by atoms with Gasteiger partial charge >= 0.3 is 0 Å². The Morgan fingerprint density at radius 3 is 2.67 bits per heavy atom. The average Bonchev–Trinajstić information content (AvgIpc) is 2.84. The molecule has 0 spiro atoms. The fraction of sp³-hybridized carbons (Fsp3) is 0.176. The molecule has 0 amide bonds. The van der Waals surface area contributed by atoms with Gasteiger partial charge in [-0.3, -0.25) is 0 Å². The first-order chi connectivity index (χ1) is 10.2. The van der Waals surface area contributed by atoms with Crippen LogP contribution >= 0.6 is 0 Å². The van der Waals surface area contributed by atoms with Crippen LogP contribution in [0.3, 0.4) is 0 Å². The lowest BCUT2D eigenvalue weighted by Crippen LogP contribution is -2.18. The van der Waals surface area contributed by atoms with Crippen LogP contribution in [0, 0.1) is 0 Å². The van der Waals surface area contributed by atoms with Crippen molar-refractivity contribution in [2.75, 3.05) is 0 Å². The topological polar surface area (TPSA) is 34.6 Å². The Balaban J connectivity index is 2.24. The van der Waals surface area contributed by atoms with Crippen molar-refractivity contribution in [2.45, 2.75) is 13.8 Å². The number of fused-ring (bicyclic) bond motifs is 1. The fourth-order valence-electron chi connectivity index (χ4n) is 2.30. The third-order valence-corrected chi connectivity index (χ3v) is 3.63. The highest BCUT2D eigenvalue weighted by Crippen LogP contribution is 2.25. The van der Waals surface area contributed by atoms with Crippen molar-refractivity contribution >= 4 is 16.9 Å². The van der Waals surface area contributed by atoms with E-state index in [9.17, 15) is 0 Å². The molecule has 106 valence electrons. The first-order valence-electron chi connectivity index (χ1n) is 6.98. The van der Waals surface area contributed by atoms with Gasteiger partial charge in [0, 0.05) is 18.8 Å². The number of aryl methyl sites for hydroxylation is 1. The number of hydrogen-bond donors (Lipinski definition) is 0. The molecule has 0 saturated heterocycles. The van der Waals surface area contributed by atoms with Gasteiger partial charge in [0.25, 0.3) is 0 Å². The van der Waals surface area contributed by atoms with Gasteiger partial charge in [-0.25, -0.2) is 14.2 Å². The number of rotatable bonds is 2. The van der Waals surface area contributed by atoms with Gasteiger partial charge < -0.3 is 0 Å². The number of allylic oxidation sites excluding steroid dienone is 2. The van der Waals surface area contributed by atoms with Crippen LogP contribution in [0.15, 0.2) is 59.7 Å². The smallest absolute Gasteiger partial charge is 0.247 e. The molecule has 0 fully saturated rings. The van der Waals surface area contributed by atoms with Gasteiger partial charge in [0.2, 0.25) is 5.62 Å². The fourth-order valence-corrected chi connectivity index (χ4v) is 2.30. The Labute approximate surface area is 123 Å². The Bertz CT molecular complexity index is 881. The monoisotopic (exact) mass is 278 g/mol. The maximum Gasteiger partial charge on any atom is 0.247 e. The second-order valence-corrected chi connectivity index (χ2v) is 4.94. The molecular weight excluding hydrogens is 260 g/mol. The maximum atomic E-state index is 4.74. The van der Waals surface area contributed by atoms with Gasteiger partial charge in [-0.2, -0.15) is 4.98 Å². The van der Waals surface area contributed by atoms with E-state index in [1.165, 1.54) is 5.57 Å². The van der Waals surface area contributed by atoms with Gasteiger partial charge in [0.05, 0.1) is 5.69 Å². The van der Waals surface area contributed by atoms with Crippen molar-refractivity contribution in [3.8, 4) is 0 Å². The average molecular weight is 278 g/mol. The molecule has 3 rings (SSSR count). The molecule has 0 aliphatic rings. The molecule has 0 saturated carbocycles. The maximum absolute atomic E-state index is 4.74. The summed E-state index contributed by atoms with van der Waals surface area (Å²) in [6.07, 6.45) is 4.07. The zero-order chi connectivity index (χ0) is 14.8. The minimum Gasteiger partial charge on any atom is -0.250 e. The number of aromatic nitrogens is 3. The number of benzene rings is 1. The summed E-state index contributed by atoms with van der Waals surface area (Å²) in [4.78, 5) is 9.31. The number of para-hydroxylation sites is 1. The summed E-state index contributed by atoms with van der Waals surface area (Å²) in [5, 5.41) is 0. The van der Waals surface area contributed by atoms with Gasteiger partial charge in [-0.1, -0.05) is 30.3 Å². The zero-order valence-electron chi connectivity index (χ0n) is 12.5. The summed E-state index contributed by atoms with van der Waals surface area (Å²) in [6.45, 7) is 4.13. The van der Waals surface area contributed by atoms with Gasteiger partial charge in [0.1, 0.15) is 0 Å². The quantitative estimate of drug-likeness (QED) is 0.708. The van der Waals surface area contributed by atoms with E-state index < -0.39 is 0 Å². The van der Waals surface area contributed by atoms with Crippen LogP contribution in [0.25, 0.3) is 11.2 Å². The summed E-state index contributed by atoms with van der Waals surface area (Å²) >= 11 is 0. The van der Waals surface area contributed by atoms with Gasteiger partial charge in [0.15, 0.2) is 5.65 Å². The summed E-state index contributed by atoms with van der Waals surface area (Å²) < 4.78 is 3.92. The van der Waals surface area contributed by atoms with Crippen molar-refractivity contribution in [1.29, 1.82) is 0 Å². The Morgan fingerprint density at radius 1 is 1.14 bits per heavy atom. The number of pyridine rings is 1. The molecule has 2 aromatic heterocycles. The second-order valence-electron chi connectivity index (χ2n) is 4.94. The van der Waals surface area contributed by atoms with Crippen LogP contribution in [-0.4, -0.2) is 14.2 Å². The molecule has 0 aliphatic heterocycles. The van der Waals surface area contributed by atoms with E-state index in [-0.39, 0.29) is 0 Å². The molecule has 3 aromatic rings. The van der Waals surface area contributed by atoms with Crippen LogP contribution in [0.4, 0.5) is 5.69 Å². The predicted molar refractivity (Wildman–Crippen MR) is 85.2 cm³/mol. The third kappa shape index (κ3) is 2.40. The van der Waals surface area contributed by atoms with Crippen molar-refractivity contribution in [3.05, 3.63) is 65.9 Å². The first-order valence-corrected chi connectivity index (χ1v) is 6.98. The molecule has 0 unspecified atom stereocenters. The molecule has 2 heterocycles. The van der Waals surface area contributed by atoms with Crippen LogP contribution in [0.2, 0.25) is 0 Å². The minimum absolute atomic E-state index is 0.692. The summed E-state index contributed by atoms with van der Waals surface area (Å²) in [5.41, 5.74) is 4.86. The molecule has 1 aromatic carbocycles. The van der Waals surface area contributed by atoms with Crippen LogP contribution < -0.4 is 5.62 Å². The van der Waals surface area contributed by atoms with Crippen LogP contribution in [-0.2, 0) is 7.05 Å². The molecule has 0 radical (unpaired) electrons. The van der Waals surface area contributed by atoms with Crippen LogP contribution in [0.1, 0.15) is 19.4 Å². The number of nitrogens with zero attached hydrogens (tertiary/aromatic N) is 4. The predicted octanol–water partition coefficient (Wildman–Crippen LogP) is 3.33. The third-order valence-electron chi connectivity index (χ3n) is 3.63. The van der Waals surface area contributed by atoms with Crippen molar-refractivity contribution in [3.63, 3.8) is 0 Å². The normalized spacial score (nSPS) is 13.1. The Hall–Kier alpha value is -2.62. The van der Waals surface area contributed by atoms with E-state index in [0.717, 1.165) is 16.9 Å². The summed E-state index contributed by atoms with van der Waals surface area (Å²) in [6, 6.07) is 14.1. The lowest BCUT2D eigenvalue weighted by Gasteiger charge is -2.04. The van der Waals surface area contributed by atoms with Crippen LogP contribution in [0.5, 0.6) is 0 Å². The van der Waals surface area contributed by atoms with Gasteiger partial charge in [-0.15, -0.1) is 0 Å². The van der Waals surface area contributed by atoms with E-state index in [4.69, 9.17) is 4.99 Å². The highest BCUT2D eigenvalue weighted by molar-refractivity contribution is 5.73. The molecule has 0 N–H and O–H groups in total. The van der Waals surface area contributed by atoms with E-state index in [2.05, 4.69) is 24.1 Å². The molecule has 0 aliphatic carbocycles. The first kappa shape index (κ1) is 13.4. The lowest BCUT2D eigenvalue weighted by atomic mass is 10.1. The molecule has 0 atom stereocenters. The minimum atomic E-state index is 0.692. The molecular formula is C17H18N4. The number of hydrogen-bond acceptors (Lipinski definition) is 2. The largest absolute Gasteiger partial charge is 0.250 e. The highest BCUT2D eigenvalue weighted by Gasteiger charge is 2.04. The van der Waals surface area contributed by atoms with E-state index in [1.807, 2.05) is 65.8 Å². The lowest BCUT2D eigenvalue weighted by molar-refractivity contribution is 0.663. The van der Waals surface area contributed by atoms with Crippen molar-refractivity contribution in [1.82, 2.24) is 14.2 Å². The molecule has 4 nitrogen and oxygen atoms in total.